The lowest BCUT2D eigenvalue weighted by Gasteiger charge is -2.23. The molecule has 1 aliphatic rings. The van der Waals surface area contributed by atoms with Crippen LogP contribution >= 0.6 is 0 Å². The Kier molecular flexibility index (Phi) is 6.47. The Balaban J connectivity index is 1.71. The van der Waals surface area contributed by atoms with Crippen LogP contribution in [0.15, 0.2) is 30.3 Å². The van der Waals surface area contributed by atoms with Crippen LogP contribution in [-0.4, -0.2) is 44.6 Å². The molecule has 2 amide bonds. The minimum absolute atomic E-state index is 0.00393. The van der Waals surface area contributed by atoms with Crippen molar-refractivity contribution in [1.29, 1.82) is 0 Å². The van der Waals surface area contributed by atoms with Crippen LogP contribution in [0.1, 0.15) is 80.2 Å². The maximum atomic E-state index is 13.9. The van der Waals surface area contributed by atoms with Crippen molar-refractivity contribution in [3.8, 4) is 0 Å². The van der Waals surface area contributed by atoms with E-state index < -0.39 is 0 Å². The quantitative estimate of drug-likeness (QED) is 0.526. The van der Waals surface area contributed by atoms with Crippen molar-refractivity contribution >= 4 is 28.5 Å². The summed E-state index contributed by atoms with van der Waals surface area (Å²) >= 11 is 0. The number of nitrogens with one attached hydrogen (secondary N) is 1. The van der Waals surface area contributed by atoms with E-state index in [9.17, 15) is 9.59 Å². The third kappa shape index (κ3) is 4.83. The number of anilines is 1. The molecule has 2 heterocycles. The summed E-state index contributed by atoms with van der Waals surface area (Å²) < 4.78 is 1.93. The highest BCUT2D eigenvalue weighted by molar-refractivity contribution is 6.08. The largest absolute Gasteiger partial charge is 0.329 e. The number of rotatable bonds is 7. The van der Waals surface area contributed by atoms with E-state index in [1.54, 1.807) is 4.90 Å². The number of hydrogen-bond acceptors (Lipinski definition) is 4. The van der Waals surface area contributed by atoms with Gasteiger partial charge in [-0.15, -0.1) is 0 Å². The Hall–Kier alpha value is -3.22. The van der Waals surface area contributed by atoms with Gasteiger partial charge in [-0.2, -0.15) is 5.10 Å². The molecule has 0 bridgehead atoms. The van der Waals surface area contributed by atoms with Crippen LogP contribution < -0.4 is 5.32 Å². The fraction of sp³-hybridized carbons (Fsp3) is 0.481. The SMILES string of the molecule is CCCN(CC(=O)Nc1ccccc1C)C(=O)c1cc(C2CC2)nc2c1c(C)nn2C(C)(C)C. The topological polar surface area (TPSA) is 80.1 Å². The van der Waals surface area contributed by atoms with E-state index in [4.69, 9.17) is 10.1 Å². The molecule has 2 aromatic heterocycles. The van der Waals surface area contributed by atoms with E-state index in [1.165, 1.54) is 0 Å². The van der Waals surface area contributed by atoms with Gasteiger partial charge in [0.2, 0.25) is 5.91 Å². The molecular weight excluding hydrogens is 426 g/mol. The average Bonchev–Trinajstić information content (AvgIpc) is 3.57. The van der Waals surface area contributed by atoms with Crippen LogP contribution in [-0.2, 0) is 10.3 Å². The number of carbonyl (C=O) groups is 2. The number of nitrogens with zero attached hydrogens (tertiary/aromatic N) is 4. The summed E-state index contributed by atoms with van der Waals surface area (Å²) in [5.41, 5.74) is 4.56. The van der Waals surface area contributed by atoms with Gasteiger partial charge in [-0.3, -0.25) is 9.59 Å². The number of pyridine rings is 1. The summed E-state index contributed by atoms with van der Waals surface area (Å²) in [5, 5.41) is 8.50. The minimum atomic E-state index is -0.265. The molecule has 1 aromatic carbocycles. The fourth-order valence-electron chi connectivity index (χ4n) is 4.30. The highest BCUT2D eigenvalue weighted by Crippen LogP contribution is 2.41. The summed E-state index contributed by atoms with van der Waals surface area (Å²) in [5.74, 6) is 0.0436. The molecule has 0 radical (unpaired) electrons. The molecule has 0 unspecified atom stereocenters. The van der Waals surface area contributed by atoms with Crippen LogP contribution in [0.2, 0.25) is 0 Å². The smallest absolute Gasteiger partial charge is 0.255 e. The first-order chi connectivity index (χ1) is 16.1. The van der Waals surface area contributed by atoms with Gasteiger partial charge in [0.15, 0.2) is 5.65 Å². The van der Waals surface area contributed by atoms with E-state index in [2.05, 4.69) is 26.1 Å². The van der Waals surface area contributed by atoms with Crippen LogP contribution in [0.3, 0.4) is 0 Å². The molecule has 0 atom stereocenters. The molecule has 0 saturated heterocycles. The normalized spacial score (nSPS) is 13.8. The van der Waals surface area contributed by atoms with Gasteiger partial charge in [-0.25, -0.2) is 9.67 Å². The second kappa shape index (κ2) is 9.20. The highest BCUT2D eigenvalue weighted by atomic mass is 16.2. The van der Waals surface area contributed by atoms with E-state index in [0.717, 1.165) is 52.9 Å². The number of aromatic nitrogens is 3. The maximum absolute atomic E-state index is 13.9. The summed E-state index contributed by atoms with van der Waals surface area (Å²) in [6.07, 6.45) is 2.94. The fourth-order valence-corrected chi connectivity index (χ4v) is 4.30. The standard InChI is InChI=1S/C27H35N5O2/c1-7-14-31(16-23(33)28-21-11-9-8-10-17(21)2)26(34)20-15-22(19-12-13-19)29-25-24(20)18(3)30-32(25)27(4,5)6/h8-11,15,19H,7,12-14,16H2,1-6H3,(H,28,33). The zero-order valence-corrected chi connectivity index (χ0v) is 21.1. The molecule has 1 saturated carbocycles. The van der Waals surface area contributed by atoms with Crippen molar-refractivity contribution in [1.82, 2.24) is 19.7 Å². The lowest BCUT2D eigenvalue weighted by Crippen LogP contribution is -2.38. The third-order valence-electron chi connectivity index (χ3n) is 6.23. The molecule has 0 aliphatic heterocycles. The first kappa shape index (κ1) is 23.9. The first-order valence-corrected chi connectivity index (χ1v) is 12.2. The number of fused-ring (bicyclic) bond motifs is 1. The zero-order valence-electron chi connectivity index (χ0n) is 21.1. The first-order valence-electron chi connectivity index (χ1n) is 12.2. The molecule has 34 heavy (non-hydrogen) atoms. The van der Waals surface area contributed by atoms with E-state index in [0.29, 0.717) is 18.0 Å². The molecule has 3 aromatic rings. The molecule has 7 nitrogen and oxygen atoms in total. The Morgan fingerprint density at radius 2 is 1.88 bits per heavy atom. The van der Waals surface area contributed by atoms with Crippen molar-refractivity contribution in [2.45, 2.75) is 72.3 Å². The second-order valence-electron chi connectivity index (χ2n) is 10.3. The van der Waals surface area contributed by atoms with Gasteiger partial charge in [0, 0.05) is 23.8 Å². The van der Waals surface area contributed by atoms with Crippen molar-refractivity contribution < 1.29 is 9.59 Å². The predicted molar refractivity (Wildman–Crippen MR) is 135 cm³/mol. The summed E-state index contributed by atoms with van der Waals surface area (Å²) in [4.78, 5) is 33.4. The molecule has 1 fully saturated rings. The van der Waals surface area contributed by atoms with Crippen molar-refractivity contribution in [2.75, 3.05) is 18.4 Å². The lowest BCUT2D eigenvalue weighted by atomic mass is 10.1. The lowest BCUT2D eigenvalue weighted by molar-refractivity contribution is -0.116. The molecule has 1 N–H and O–H groups in total. The van der Waals surface area contributed by atoms with Crippen LogP contribution in [0.25, 0.3) is 11.0 Å². The molecule has 1 aliphatic carbocycles. The van der Waals surface area contributed by atoms with E-state index in [-0.39, 0.29) is 23.9 Å². The highest BCUT2D eigenvalue weighted by Gasteiger charge is 2.31. The summed E-state index contributed by atoms with van der Waals surface area (Å²) in [6.45, 7) is 12.6. The van der Waals surface area contributed by atoms with Gasteiger partial charge in [-0.1, -0.05) is 25.1 Å². The molecular formula is C27H35N5O2. The van der Waals surface area contributed by atoms with Gasteiger partial charge in [0.05, 0.1) is 22.2 Å². The van der Waals surface area contributed by atoms with E-state index >= 15 is 0 Å². The Morgan fingerprint density at radius 1 is 1.18 bits per heavy atom. The number of hydrogen-bond donors (Lipinski definition) is 1. The monoisotopic (exact) mass is 461 g/mol. The van der Waals surface area contributed by atoms with Gasteiger partial charge in [0.1, 0.15) is 6.54 Å². The van der Waals surface area contributed by atoms with Crippen molar-refractivity contribution in [3.63, 3.8) is 0 Å². The van der Waals surface area contributed by atoms with Crippen LogP contribution in [0, 0.1) is 13.8 Å². The third-order valence-corrected chi connectivity index (χ3v) is 6.23. The number of aryl methyl sites for hydroxylation is 2. The zero-order chi connectivity index (χ0) is 24.6. The molecule has 0 spiro atoms. The predicted octanol–water partition coefficient (Wildman–Crippen LogP) is 5.17. The van der Waals surface area contributed by atoms with Gasteiger partial charge >= 0.3 is 0 Å². The number of carbonyl (C=O) groups excluding carboxylic acids is 2. The number of amides is 2. The van der Waals surface area contributed by atoms with Crippen LogP contribution in [0.5, 0.6) is 0 Å². The number of para-hydroxylation sites is 1. The average molecular weight is 462 g/mol. The second-order valence-corrected chi connectivity index (χ2v) is 10.3. The van der Waals surface area contributed by atoms with Crippen LogP contribution in [0.4, 0.5) is 5.69 Å². The van der Waals surface area contributed by atoms with E-state index in [1.807, 2.05) is 55.8 Å². The number of benzene rings is 1. The Bertz CT molecular complexity index is 1230. The molecule has 7 heteroatoms. The minimum Gasteiger partial charge on any atom is -0.329 e. The van der Waals surface area contributed by atoms with Gasteiger partial charge in [-0.05, 0) is 71.6 Å². The summed E-state index contributed by atoms with van der Waals surface area (Å²) in [6, 6.07) is 9.58. The summed E-state index contributed by atoms with van der Waals surface area (Å²) in [7, 11) is 0. The Morgan fingerprint density at radius 3 is 2.50 bits per heavy atom. The Labute approximate surface area is 201 Å². The molecule has 180 valence electrons. The van der Waals surface area contributed by atoms with Gasteiger partial charge < -0.3 is 10.2 Å². The van der Waals surface area contributed by atoms with Crippen molar-refractivity contribution in [2.24, 2.45) is 0 Å². The maximum Gasteiger partial charge on any atom is 0.255 e. The van der Waals surface area contributed by atoms with Crippen molar-refractivity contribution in [3.05, 3.63) is 52.8 Å². The van der Waals surface area contributed by atoms with Gasteiger partial charge in [0.25, 0.3) is 5.91 Å². The molecule has 4 rings (SSSR count).